The maximum atomic E-state index is 2.64. The molecular weight excluding hydrogens is 492 g/mol. The van der Waals surface area contributed by atoms with E-state index in [0.717, 1.165) is 30.1 Å². The van der Waals surface area contributed by atoms with Gasteiger partial charge in [-0.3, -0.25) is 0 Å². The van der Waals surface area contributed by atoms with E-state index in [0.29, 0.717) is 5.92 Å². The lowest BCUT2D eigenvalue weighted by molar-refractivity contribution is 0.165. The van der Waals surface area contributed by atoms with Crippen LogP contribution in [0.15, 0.2) is 65.8 Å². The second-order valence-electron chi connectivity index (χ2n) is 15.3. The van der Waals surface area contributed by atoms with E-state index in [2.05, 4.69) is 96.2 Å². The van der Waals surface area contributed by atoms with Crippen LogP contribution in [0.25, 0.3) is 0 Å². The molecule has 2 aromatic carbocycles. The minimum atomic E-state index is 0.174. The van der Waals surface area contributed by atoms with E-state index in [1.807, 2.05) is 0 Å². The summed E-state index contributed by atoms with van der Waals surface area (Å²) >= 11 is 0. The normalized spacial score (nSPS) is 27.3. The molecule has 1 atom stereocenters. The molecule has 0 amide bonds. The third-order valence-corrected chi connectivity index (χ3v) is 11.1. The minimum Gasteiger partial charge on any atom is -0.0807 e. The maximum absolute atomic E-state index is 2.64. The summed E-state index contributed by atoms with van der Waals surface area (Å²) in [5.74, 6) is 4.39. The molecule has 0 radical (unpaired) electrons. The van der Waals surface area contributed by atoms with Crippen LogP contribution in [0.1, 0.15) is 139 Å². The molecule has 0 aromatic heterocycles. The predicted molar refractivity (Wildman–Crippen MR) is 179 cm³/mol. The summed E-state index contributed by atoms with van der Waals surface area (Å²) < 4.78 is 0. The van der Waals surface area contributed by atoms with E-state index in [1.54, 1.807) is 16.7 Å². The smallest absolute Gasteiger partial charge is 0.00234 e. The fourth-order valence-corrected chi connectivity index (χ4v) is 8.46. The Hall–Kier alpha value is -2.08. The quantitative estimate of drug-likeness (QED) is 0.306. The molecule has 0 spiro atoms. The fraction of sp³-hybridized carbons (Fsp3) is 0.610. The van der Waals surface area contributed by atoms with E-state index in [-0.39, 0.29) is 5.41 Å². The summed E-state index contributed by atoms with van der Waals surface area (Å²) in [6.45, 7) is 14.2. The van der Waals surface area contributed by atoms with Crippen LogP contribution in [0.2, 0.25) is 0 Å². The number of hydrogen-bond donors (Lipinski definition) is 0. The van der Waals surface area contributed by atoms with Crippen molar-refractivity contribution in [3.05, 3.63) is 93.6 Å². The summed E-state index contributed by atoms with van der Waals surface area (Å²) in [5, 5.41) is 0. The van der Waals surface area contributed by atoms with E-state index in [1.165, 1.54) is 99.3 Å². The maximum Gasteiger partial charge on any atom is -0.00234 e. The van der Waals surface area contributed by atoms with Crippen LogP contribution in [-0.4, -0.2) is 0 Å². The second-order valence-corrected chi connectivity index (χ2v) is 15.3. The summed E-state index contributed by atoms with van der Waals surface area (Å²) in [5.41, 5.74) is 11.0. The third kappa shape index (κ3) is 7.66. The molecule has 0 heterocycles. The monoisotopic (exact) mass is 550 g/mol. The molecule has 0 nitrogen and oxygen atoms in total. The first-order valence-corrected chi connectivity index (χ1v) is 17.3. The van der Waals surface area contributed by atoms with Crippen molar-refractivity contribution < 1.29 is 0 Å². The average molecular weight is 551 g/mol. The average Bonchev–Trinajstić information content (AvgIpc) is 2.96. The Labute approximate surface area is 253 Å². The molecule has 41 heavy (non-hydrogen) atoms. The van der Waals surface area contributed by atoms with Crippen molar-refractivity contribution in [2.24, 2.45) is 23.7 Å². The van der Waals surface area contributed by atoms with Gasteiger partial charge < -0.3 is 0 Å². The molecule has 0 bridgehead atoms. The second kappa shape index (κ2) is 13.5. The van der Waals surface area contributed by atoms with Gasteiger partial charge in [-0.25, -0.2) is 0 Å². The molecule has 0 saturated heterocycles. The molecule has 222 valence electrons. The molecular formula is C41H58. The van der Waals surface area contributed by atoms with Crippen LogP contribution in [0.3, 0.4) is 0 Å². The van der Waals surface area contributed by atoms with Gasteiger partial charge in [0.05, 0.1) is 0 Å². The van der Waals surface area contributed by atoms with Crippen molar-refractivity contribution >= 4 is 0 Å². The summed E-state index contributed by atoms with van der Waals surface area (Å²) in [6, 6.07) is 16.8. The standard InChI is InChI=1S/C41H58/c1-7-10-35-27-37(34-21-19-33(20-22-34)32-17-13-29(2)14-18-32)24-23-36(35)25-31-16-15-30(3)39(26-31)28-38-11-8-9-12-40(38)41(4,5)6/h8-9,11-12,15,23-24,26-27,29,31-34H,7,10,13-14,16-22,25,28H2,1-6H3. The van der Waals surface area contributed by atoms with Gasteiger partial charge in [-0.15, -0.1) is 0 Å². The zero-order valence-corrected chi connectivity index (χ0v) is 27.3. The SMILES string of the molecule is CCCc1cc(C2CCC(C3CCC(C)CC3)CC2)ccc1CC1C=C(Cc2ccccc2C(C)(C)C)C(C)=CC1. The lowest BCUT2D eigenvalue weighted by atomic mass is 9.68. The summed E-state index contributed by atoms with van der Waals surface area (Å²) in [7, 11) is 0. The molecule has 5 rings (SSSR count). The Morgan fingerprint density at radius 1 is 0.780 bits per heavy atom. The van der Waals surface area contributed by atoms with Crippen molar-refractivity contribution in [1.82, 2.24) is 0 Å². The lowest BCUT2D eigenvalue weighted by Gasteiger charge is -2.37. The van der Waals surface area contributed by atoms with Crippen LogP contribution in [-0.2, 0) is 24.7 Å². The van der Waals surface area contributed by atoms with Crippen LogP contribution in [0.5, 0.6) is 0 Å². The minimum absolute atomic E-state index is 0.174. The van der Waals surface area contributed by atoms with Crippen molar-refractivity contribution in [3.8, 4) is 0 Å². The third-order valence-electron chi connectivity index (χ3n) is 11.1. The molecule has 1 unspecified atom stereocenters. The number of benzene rings is 2. The van der Waals surface area contributed by atoms with Crippen molar-refractivity contribution in [1.29, 1.82) is 0 Å². The number of hydrogen-bond acceptors (Lipinski definition) is 0. The van der Waals surface area contributed by atoms with Gasteiger partial charge in [0.1, 0.15) is 0 Å². The van der Waals surface area contributed by atoms with Crippen molar-refractivity contribution in [2.45, 2.75) is 136 Å². The van der Waals surface area contributed by atoms with Gasteiger partial charge in [-0.1, -0.05) is 114 Å². The zero-order chi connectivity index (χ0) is 29.0. The largest absolute Gasteiger partial charge is 0.0807 e. The van der Waals surface area contributed by atoms with Gasteiger partial charge in [0, 0.05) is 0 Å². The molecule has 3 aliphatic carbocycles. The van der Waals surface area contributed by atoms with Crippen LogP contribution in [0, 0.1) is 23.7 Å². The molecule has 0 heteroatoms. The molecule has 0 N–H and O–H groups in total. The Morgan fingerprint density at radius 2 is 1.46 bits per heavy atom. The Balaban J connectivity index is 1.26. The highest BCUT2D eigenvalue weighted by atomic mass is 14.4. The highest BCUT2D eigenvalue weighted by Gasteiger charge is 2.30. The zero-order valence-electron chi connectivity index (χ0n) is 27.3. The Bertz CT molecular complexity index is 1200. The highest BCUT2D eigenvalue weighted by Crippen LogP contribution is 2.44. The highest BCUT2D eigenvalue weighted by molar-refractivity contribution is 5.43. The van der Waals surface area contributed by atoms with Crippen LogP contribution >= 0.6 is 0 Å². The van der Waals surface area contributed by atoms with Gasteiger partial charge in [0.15, 0.2) is 0 Å². The number of allylic oxidation sites excluding steroid dienone is 4. The van der Waals surface area contributed by atoms with Gasteiger partial charge >= 0.3 is 0 Å². The van der Waals surface area contributed by atoms with E-state index in [4.69, 9.17) is 0 Å². The first kappa shape index (κ1) is 30.4. The number of rotatable bonds is 8. The first-order valence-electron chi connectivity index (χ1n) is 17.3. The van der Waals surface area contributed by atoms with Crippen molar-refractivity contribution in [2.75, 3.05) is 0 Å². The van der Waals surface area contributed by atoms with Gasteiger partial charge in [-0.2, -0.15) is 0 Å². The molecule has 2 fully saturated rings. The summed E-state index contributed by atoms with van der Waals surface area (Å²) in [6.07, 6.45) is 22.7. The summed E-state index contributed by atoms with van der Waals surface area (Å²) in [4.78, 5) is 0. The molecule has 3 aliphatic rings. The molecule has 2 aromatic rings. The van der Waals surface area contributed by atoms with E-state index < -0.39 is 0 Å². The van der Waals surface area contributed by atoms with Crippen LogP contribution in [0.4, 0.5) is 0 Å². The Kier molecular flexibility index (Phi) is 9.99. The van der Waals surface area contributed by atoms with Gasteiger partial charge in [0.2, 0.25) is 0 Å². The number of aryl methyl sites for hydroxylation is 1. The van der Waals surface area contributed by atoms with Gasteiger partial charge in [-0.05, 0) is 140 Å². The lowest BCUT2D eigenvalue weighted by Crippen LogP contribution is -2.24. The first-order chi connectivity index (χ1) is 19.7. The molecule has 0 aliphatic heterocycles. The topological polar surface area (TPSA) is 0 Å². The van der Waals surface area contributed by atoms with Crippen molar-refractivity contribution in [3.63, 3.8) is 0 Å². The predicted octanol–water partition coefficient (Wildman–Crippen LogP) is 11.7. The fourth-order valence-electron chi connectivity index (χ4n) is 8.46. The van der Waals surface area contributed by atoms with Gasteiger partial charge in [0.25, 0.3) is 0 Å². The van der Waals surface area contributed by atoms with Crippen LogP contribution < -0.4 is 0 Å². The Morgan fingerprint density at radius 3 is 2.15 bits per heavy atom. The van der Waals surface area contributed by atoms with E-state index >= 15 is 0 Å². The molecule has 2 saturated carbocycles. The van der Waals surface area contributed by atoms with E-state index in [9.17, 15) is 0 Å².